The molecule has 0 heterocycles. The number of halogens is 1. The molecule has 0 unspecified atom stereocenters. The van der Waals surface area contributed by atoms with Crippen LogP contribution in [0.4, 0.5) is 0 Å². The van der Waals surface area contributed by atoms with Gasteiger partial charge in [-0.25, -0.2) is 0 Å². The van der Waals surface area contributed by atoms with Gasteiger partial charge in [0.25, 0.3) is 0 Å². The Bertz CT molecular complexity index is 148. The number of hydrogen-bond donors (Lipinski definition) is 0. The summed E-state index contributed by atoms with van der Waals surface area (Å²) in [6.45, 7) is 0.262. The molecule has 0 aliphatic carbocycles. The van der Waals surface area contributed by atoms with E-state index in [0.29, 0.717) is 0 Å². The highest BCUT2D eigenvalue weighted by Gasteiger charge is 1.96. The SMILES string of the molecule is C[N+](C)([O-])C/C=C/C(=O)Cl. The summed E-state index contributed by atoms with van der Waals surface area (Å²) in [5, 5.41) is 10.3. The van der Waals surface area contributed by atoms with Gasteiger partial charge in [0.15, 0.2) is 0 Å². The average Bonchev–Trinajstić information content (AvgIpc) is 1.59. The summed E-state index contributed by atoms with van der Waals surface area (Å²) < 4.78 is -0.444. The van der Waals surface area contributed by atoms with Crippen LogP contribution < -0.4 is 0 Å². The predicted octanol–water partition coefficient (Wildman–Crippen LogP) is 0.882. The van der Waals surface area contributed by atoms with E-state index < -0.39 is 9.89 Å². The van der Waals surface area contributed by atoms with Gasteiger partial charge in [-0.15, -0.1) is 0 Å². The minimum absolute atomic E-state index is 0.262. The molecule has 0 spiro atoms. The van der Waals surface area contributed by atoms with Gasteiger partial charge in [0, 0.05) is 0 Å². The predicted molar refractivity (Wildman–Crippen MR) is 40.3 cm³/mol. The highest BCUT2D eigenvalue weighted by molar-refractivity contribution is 6.66. The van der Waals surface area contributed by atoms with Crippen LogP contribution in [0.1, 0.15) is 0 Å². The standard InChI is InChI=1S/C6H10ClNO2/c1-8(2,10)5-3-4-6(7)9/h3-4H,5H2,1-2H3/b4-3+. The maximum atomic E-state index is 10.8. The lowest BCUT2D eigenvalue weighted by molar-refractivity contribution is -0.833. The Balaban J connectivity index is 3.64. The largest absolute Gasteiger partial charge is 0.633 e. The van der Waals surface area contributed by atoms with Crippen LogP contribution in [0.15, 0.2) is 12.2 Å². The molecule has 58 valence electrons. The Morgan fingerprint density at radius 2 is 2.20 bits per heavy atom. The molecule has 0 aliphatic rings. The van der Waals surface area contributed by atoms with E-state index >= 15 is 0 Å². The lowest BCUT2D eigenvalue weighted by Gasteiger charge is -2.32. The van der Waals surface area contributed by atoms with Crippen LogP contribution in [0.25, 0.3) is 0 Å². The molecule has 0 amide bonds. The maximum absolute atomic E-state index is 10.8. The molecule has 0 radical (unpaired) electrons. The lowest BCUT2D eigenvalue weighted by Crippen LogP contribution is -2.31. The fraction of sp³-hybridized carbons (Fsp3) is 0.500. The van der Waals surface area contributed by atoms with Gasteiger partial charge < -0.3 is 9.85 Å². The van der Waals surface area contributed by atoms with Gasteiger partial charge in [-0.1, -0.05) is 0 Å². The van der Waals surface area contributed by atoms with Crippen molar-refractivity contribution >= 4 is 16.8 Å². The molecule has 0 aromatic heterocycles. The number of carbonyl (C=O) groups excluding carboxylic acids is 1. The van der Waals surface area contributed by atoms with E-state index in [9.17, 15) is 10.0 Å². The molecule has 0 saturated carbocycles. The molecule has 0 atom stereocenters. The third kappa shape index (κ3) is 7.62. The normalized spacial score (nSPS) is 12.4. The number of nitrogens with zero attached hydrogens (tertiary/aromatic N) is 1. The Labute approximate surface area is 65.1 Å². The summed E-state index contributed by atoms with van der Waals surface area (Å²) >= 11 is 4.97. The van der Waals surface area contributed by atoms with Gasteiger partial charge in [-0.3, -0.25) is 4.79 Å². The van der Waals surface area contributed by atoms with Crippen molar-refractivity contribution in [2.75, 3.05) is 20.6 Å². The van der Waals surface area contributed by atoms with Crippen molar-refractivity contribution in [2.24, 2.45) is 0 Å². The summed E-state index contributed by atoms with van der Waals surface area (Å²) in [6.07, 6.45) is 2.64. The Hall–Kier alpha value is -0.380. The summed E-state index contributed by atoms with van der Waals surface area (Å²) in [6, 6.07) is 0. The second-order valence-electron chi connectivity index (χ2n) is 2.46. The number of quaternary nitrogens is 1. The van der Waals surface area contributed by atoms with Crippen LogP contribution in [0.5, 0.6) is 0 Å². The molecule has 0 rings (SSSR count). The zero-order valence-corrected chi connectivity index (χ0v) is 6.76. The van der Waals surface area contributed by atoms with Crippen LogP contribution in [0.2, 0.25) is 0 Å². The zero-order chi connectivity index (χ0) is 8.20. The fourth-order valence-corrected chi connectivity index (χ4v) is 0.488. The maximum Gasteiger partial charge on any atom is 0.245 e. The highest BCUT2D eigenvalue weighted by Crippen LogP contribution is 1.92. The van der Waals surface area contributed by atoms with Crippen LogP contribution in [0, 0.1) is 5.21 Å². The number of rotatable bonds is 3. The fourth-order valence-electron chi connectivity index (χ4n) is 0.399. The van der Waals surface area contributed by atoms with E-state index in [1.165, 1.54) is 26.2 Å². The monoisotopic (exact) mass is 163 g/mol. The van der Waals surface area contributed by atoms with E-state index in [0.717, 1.165) is 0 Å². The van der Waals surface area contributed by atoms with Crippen LogP contribution in [-0.4, -0.2) is 30.5 Å². The molecule has 3 nitrogen and oxygen atoms in total. The quantitative estimate of drug-likeness (QED) is 0.268. The van der Waals surface area contributed by atoms with Crippen molar-refractivity contribution in [1.82, 2.24) is 0 Å². The third-order valence-electron chi connectivity index (χ3n) is 0.794. The average molecular weight is 164 g/mol. The summed E-state index contributed by atoms with van der Waals surface area (Å²) in [7, 11) is 2.98. The first-order chi connectivity index (χ1) is 4.42. The van der Waals surface area contributed by atoms with Crippen LogP contribution in [-0.2, 0) is 4.79 Å². The Morgan fingerprint density at radius 3 is 2.50 bits per heavy atom. The molecule has 0 bridgehead atoms. The Morgan fingerprint density at radius 1 is 1.70 bits per heavy atom. The van der Waals surface area contributed by atoms with E-state index in [2.05, 4.69) is 0 Å². The van der Waals surface area contributed by atoms with E-state index in [1.54, 1.807) is 0 Å². The molecule has 10 heavy (non-hydrogen) atoms. The minimum atomic E-state index is -0.548. The van der Waals surface area contributed by atoms with Crippen molar-refractivity contribution in [2.45, 2.75) is 0 Å². The lowest BCUT2D eigenvalue weighted by atomic mass is 10.5. The zero-order valence-electron chi connectivity index (χ0n) is 6.00. The number of allylic oxidation sites excluding steroid dienone is 1. The molecule has 4 heteroatoms. The van der Waals surface area contributed by atoms with Crippen LogP contribution in [0.3, 0.4) is 0 Å². The number of likely N-dealkylation sites (N-methyl/N-ethyl adjacent to an activating group) is 1. The van der Waals surface area contributed by atoms with Crippen molar-refractivity contribution in [3.8, 4) is 0 Å². The molecular formula is C6H10ClNO2. The first-order valence-electron chi connectivity index (χ1n) is 2.82. The number of hydroxylamine groups is 3. The summed E-state index contributed by atoms with van der Waals surface area (Å²) in [4.78, 5) is 10.1. The topological polar surface area (TPSA) is 40.1 Å². The van der Waals surface area contributed by atoms with Crippen molar-refractivity contribution in [3.05, 3.63) is 17.4 Å². The second-order valence-corrected chi connectivity index (χ2v) is 2.84. The van der Waals surface area contributed by atoms with E-state index in [4.69, 9.17) is 11.6 Å². The molecule has 0 aromatic rings. The first kappa shape index (κ1) is 9.62. The molecule has 0 N–H and O–H groups in total. The molecular weight excluding hydrogens is 154 g/mol. The van der Waals surface area contributed by atoms with Crippen molar-refractivity contribution in [3.63, 3.8) is 0 Å². The third-order valence-corrected chi connectivity index (χ3v) is 0.920. The van der Waals surface area contributed by atoms with Gasteiger partial charge >= 0.3 is 0 Å². The number of carbonyl (C=O) groups is 1. The smallest absolute Gasteiger partial charge is 0.245 e. The first-order valence-corrected chi connectivity index (χ1v) is 3.19. The number of hydrogen-bond acceptors (Lipinski definition) is 2. The molecule has 0 fully saturated rings. The molecule has 0 aliphatic heterocycles. The van der Waals surface area contributed by atoms with Gasteiger partial charge in [0.2, 0.25) is 5.24 Å². The summed E-state index contributed by atoms with van der Waals surface area (Å²) in [5.74, 6) is 0. The van der Waals surface area contributed by atoms with Gasteiger partial charge in [-0.2, -0.15) is 0 Å². The second kappa shape index (κ2) is 3.71. The summed E-state index contributed by atoms with van der Waals surface area (Å²) in [5.41, 5.74) is 0. The van der Waals surface area contributed by atoms with Gasteiger partial charge in [-0.05, 0) is 23.8 Å². The minimum Gasteiger partial charge on any atom is -0.633 e. The van der Waals surface area contributed by atoms with E-state index in [-0.39, 0.29) is 6.54 Å². The molecule has 0 saturated heterocycles. The van der Waals surface area contributed by atoms with E-state index in [1.807, 2.05) is 0 Å². The van der Waals surface area contributed by atoms with Crippen LogP contribution >= 0.6 is 11.6 Å². The van der Waals surface area contributed by atoms with Crippen molar-refractivity contribution < 1.29 is 9.44 Å². The molecule has 0 aromatic carbocycles. The van der Waals surface area contributed by atoms with Crippen molar-refractivity contribution in [1.29, 1.82) is 0 Å². The Kier molecular flexibility index (Phi) is 3.57. The van der Waals surface area contributed by atoms with Gasteiger partial charge in [0.05, 0.1) is 20.6 Å². The van der Waals surface area contributed by atoms with Gasteiger partial charge in [0.1, 0.15) is 0 Å². The highest BCUT2D eigenvalue weighted by atomic mass is 35.5.